The van der Waals surface area contributed by atoms with E-state index in [4.69, 9.17) is 0 Å². The first-order valence-corrected chi connectivity index (χ1v) is 5.75. The Labute approximate surface area is 90.1 Å². The third-order valence-corrected chi connectivity index (χ3v) is 2.99. The SMILES string of the molecule is O=c1[nH]cccc1CN1CCCCCC1. The molecular weight excluding hydrogens is 188 g/mol. The van der Waals surface area contributed by atoms with E-state index in [0.29, 0.717) is 0 Å². The second-order valence-electron chi connectivity index (χ2n) is 4.21. The molecule has 0 aliphatic carbocycles. The van der Waals surface area contributed by atoms with Crippen molar-refractivity contribution in [3.05, 3.63) is 34.2 Å². The highest BCUT2D eigenvalue weighted by molar-refractivity contribution is 5.08. The second kappa shape index (κ2) is 5.12. The number of aromatic nitrogens is 1. The topological polar surface area (TPSA) is 36.1 Å². The third kappa shape index (κ3) is 2.93. The summed E-state index contributed by atoms with van der Waals surface area (Å²) in [5.41, 5.74) is 0.946. The highest BCUT2D eigenvalue weighted by Crippen LogP contribution is 2.11. The average molecular weight is 206 g/mol. The maximum Gasteiger partial charge on any atom is 0.252 e. The van der Waals surface area contributed by atoms with Crippen molar-refractivity contribution in [3.63, 3.8) is 0 Å². The van der Waals surface area contributed by atoms with E-state index < -0.39 is 0 Å². The van der Waals surface area contributed by atoms with Crippen LogP contribution in [0.3, 0.4) is 0 Å². The van der Waals surface area contributed by atoms with Gasteiger partial charge >= 0.3 is 0 Å². The lowest BCUT2D eigenvalue weighted by Gasteiger charge is -2.18. The molecule has 1 N–H and O–H groups in total. The summed E-state index contributed by atoms with van der Waals surface area (Å²) in [7, 11) is 0. The molecule has 0 spiro atoms. The van der Waals surface area contributed by atoms with Gasteiger partial charge in [-0.1, -0.05) is 18.9 Å². The number of hydrogen-bond donors (Lipinski definition) is 1. The van der Waals surface area contributed by atoms with E-state index in [-0.39, 0.29) is 5.56 Å². The largest absolute Gasteiger partial charge is 0.329 e. The molecule has 0 bridgehead atoms. The molecule has 2 rings (SSSR count). The van der Waals surface area contributed by atoms with Crippen molar-refractivity contribution in [3.8, 4) is 0 Å². The molecule has 0 aromatic carbocycles. The van der Waals surface area contributed by atoms with Crippen LogP contribution in [0.5, 0.6) is 0 Å². The lowest BCUT2D eigenvalue weighted by atomic mass is 10.2. The van der Waals surface area contributed by atoms with Crippen molar-refractivity contribution in [1.82, 2.24) is 9.88 Å². The Bertz CT molecular complexity index is 351. The summed E-state index contributed by atoms with van der Waals surface area (Å²) in [6.07, 6.45) is 6.90. The van der Waals surface area contributed by atoms with E-state index >= 15 is 0 Å². The van der Waals surface area contributed by atoms with Gasteiger partial charge in [-0.05, 0) is 32.0 Å². The van der Waals surface area contributed by atoms with Crippen LogP contribution in [0, 0.1) is 0 Å². The fourth-order valence-electron chi connectivity index (χ4n) is 2.12. The molecule has 3 nitrogen and oxygen atoms in total. The summed E-state index contributed by atoms with van der Waals surface area (Å²) >= 11 is 0. The molecule has 1 aromatic rings. The van der Waals surface area contributed by atoms with E-state index in [1.54, 1.807) is 6.20 Å². The van der Waals surface area contributed by atoms with E-state index in [1.165, 1.54) is 25.7 Å². The molecule has 82 valence electrons. The number of nitrogens with zero attached hydrogens (tertiary/aromatic N) is 1. The highest BCUT2D eigenvalue weighted by atomic mass is 16.1. The van der Waals surface area contributed by atoms with E-state index in [2.05, 4.69) is 9.88 Å². The van der Waals surface area contributed by atoms with Crippen molar-refractivity contribution < 1.29 is 0 Å². The van der Waals surface area contributed by atoms with E-state index in [1.807, 2.05) is 12.1 Å². The summed E-state index contributed by atoms with van der Waals surface area (Å²) in [5, 5.41) is 0. The number of likely N-dealkylation sites (tertiary alicyclic amines) is 1. The first-order valence-electron chi connectivity index (χ1n) is 5.75. The summed E-state index contributed by atoms with van der Waals surface area (Å²) in [6, 6.07) is 3.82. The minimum atomic E-state index is 0.0572. The molecule has 0 unspecified atom stereocenters. The maximum atomic E-state index is 11.5. The van der Waals surface area contributed by atoms with Crippen molar-refractivity contribution in [2.24, 2.45) is 0 Å². The van der Waals surface area contributed by atoms with Crippen LogP contribution in [-0.4, -0.2) is 23.0 Å². The summed E-state index contributed by atoms with van der Waals surface area (Å²) in [6.45, 7) is 3.07. The zero-order valence-electron chi connectivity index (χ0n) is 9.04. The Hall–Kier alpha value is -1.09. The van der Waals surface area contributed by atoms with Gasteiger partial charge in [-0.2, -0.15) is 0 Å². The second-order valence-corrected chi connectivity index (χ2v) is 4.21. The van der Waals surface area contributed by atoms with Crippen LogP contribution in [0.1, 0.15) is 31.2 Å². The van der Waals surface area contributed by atoms with E-state index in [9.17, 15) is 4.79 Å². The molecule has 0 amide bonds. The minimum absolute atomic E-state index is 0.0572. The van der Waals surface area contributed by atoms with Crippen molar-refractivity contribution in [2.75, 3.05) is 13.1 Å². The van der Waals surface area contributed by atoms with Crippen LogP contribution in [0.4, 0.5) is 0 Å². The Morgan fingerprint density at radius 2 is 1.93 bits per heavy atom. The smallest absolute Gasteiger partial charge is 0.252 e. The van der Waals surface area contributed by atoms with Crippen LogP contribution >= 0.6 is 0 Å². The van der Waals surface area contributed by atoms with Gasteiger partial charge in [0, 0.05) is 18.3 Å². The number of H-pyrrole nitrogens is 1. The maximum absolute atomic E-state index is 11.5. The van der Waals surface area contributed by atoms with Gasteiger partial charge in [0.15, 0.2) is 0 Å². The molecule has 1 aromatic heterocycles. The quantitative estimate of drug-likeness (QED) is 0.800. The molecule has 1 aliphatic heterocycles. The van der Waals surface area contributed by atoms with Gasteiger partial charge in [-0.15, -0.1) is 0 Å². The molecule has 0 saturated carbocycles. The predicted molar refractivity (Wildman–Crippen MR) is 60.8 cm³/mol. The lowest BCUT2D eigenvalue weighted by molar-refractivity contribution is 0.276. The molecule has 3 heteroatoms. The fraction of sp³-hybridized carbons (Fsp3) is 0.583. The van der Waals surface area contributed by atoms with Gasteiger partial charge in [-0.3, -0.25) is 9.69 Å². The van der Waals surface area contributed by atoms with Gasteiger partial charge in [0.05, 0.1) is 0 Å². The van der Waals surface area contributed by atoms with Crippen LogP contribution in [0.2, 0.25) is 0 Å². The van der Waals surface area contributed by atoms with E-state index in [0.717, 1.165) is 25.2 Å². The highest BCUT2D eigenvalue weighted by Gasteiger charge is 2.10. The van der Waals surface area contributed by atoms with Gasteiger partial charge in [0.2, 0.25) is 0 Å². The van der Waals surface area contributed by atoms with Gasteiger partial charge in [0.1, 0.15) is 0 Å². The molecular formula is C12H18N2O. The van der Waals surface area contributed by atoms with Crippen LogP contribution in [0.15, 0.2) is 23.1 Å². The number of hydrogen-bond acceptors (Lipinski definition) is 2. The number of rotatable bonds is 2. The molecule has 2 heterocycles. The van der Waals surface area contributed by atoms with Crippen molar-refractivity contribution >= 4 is 0 Å². The summed E-state index contributed by atoms with van der Waals surface area (Å²) in [4.78, 5) is 16.6. The molecule has 1 fully saturated rings. The Morgan fingerprint density at radius 3 is 2.60 bits per heavy atom. The molecule has 15 heavy (non-hydrogen) atoms. The predicted octanol–water partition coefficient (Wildman–Crippen LogP) is 1.75. The summed E-state index contributed by atoms with van der Waals surface area (Å²) < 4.78 is 0. The minimum Gasteiger partial charge on any atom is -0.329 e. The van der Waals surface area contributed by atoms with Crippen molar-refractivity contribution in [1.29, 1.82) is 0 Å². The number of nitrogens with one attached hydrogen (secondary N) is 1. The van der Waals surface area contributed by atoms with Gasteiger partial charge in [0.25, 0.3) is 5.56 Å². The van der Waals surface area contributed by atoms with Crippen LogP contribution in [0.25, 0.3) is 0 Å². The zero-order chi connectivity index (χ0) is 10.5. The molecule has 1 aliphatic rings. The standard InChI is InChI=1S/C12H18N2O/c15-12-11(6-5-7-13-12)10-14-8-3-1-2-4-9-14/h5-7H,1-4,8-10H2,(H,13,15). The van der Waals surface area contributed by atoms with Crippen LogP contribution in [-0.2, 0) is 6.54 Å². The molecule has 1 saturated heterocycles. The number of aromatic amines is 1. The summed E-state index contributed by atoms with van der Waals surface area (Å²) in [5.74, 6) is 0. The third-order valence-electron chi connectivity index (χ3n) is 2.99. The van der Waals surface area contributed by atoms with Crippen LogP contribution < -0.4 is 5.56 Å². The van der Waals surface area contributed by atoms with Crippen molar-refractivity contribution in [2.45, 2.75) is 32.2 Å². The fourth-order valence-corrected chi connectivity index (χ4v) is 2.12. The molecule has 0 atom stereocenters. The Balaban J connectivity index is 2.01. The first-order chi connectivity index (χ1) is 7.36. The normalized spacial score (nSPS) is 18.7. The Kier molecular flexibility index (Phi) is 3.56. The van der Waals surface area contributed by atoms with Gasteiger partial charge in [-0.25, -0.2) is 0 Å². The first kappa shape index (κ1) is 10.4. The zero-order valence-corrected chi connectivity index (χ0v) is 9.04. The number of pyridine rings is 1. The van der Waals surface area contributed by atoms with Gasteiger partial charge < -0.3 is 4.98 Å². The Morgan fingerprint density at radius 1 is 1.20 bits per heavy atom. The monoisotopic (exact) mass is 206 g/mol. The molecule has 0 radical (unpaired) electrons. The lowest BCUT2D eigenvalue weighted by Crippen LogP contribution is -2.27. The average Bonchev–Trinajstić information content (AvgIpc) is 2.50.